The molecule has 0 aliphatic heterocycles. The van der Waals surface area contributed by atoms with Crippen molar-refractivity contribution >= 4 is 11.9 Å². The third-order valence-electron chi connectivity index (χ3n) is 5.23. The fourth-order valence-corrected chi connectivity index (χ4v) is 4.17. The summed E-state index contributed by atoms with van der Waals surface area (Å²) < 4.78 is 41.5. The number of benzene rings is 2. The second-order valence-corrected chi connectivity index (χ2v) is 7.76. The predicted octanol–water partition coefficient (Wildman–Crippen LogP) is 4.90. The van der Waals surface area contributed by atoms with E-state index in [2.05, 4.69) is 5.10 Å². The predicted molar refractivity (Wildman–Crippen MR) is 107 cm³/mol. The summed E-state index contributed by atoms with van der Waals surface area (Å²) in [5.41, 5.74) is 3.52. The molecule has 8 heteroatoms. The van der Waals surface area contributed by atoms with Crippen molar-refractivity contribution in [2.45, 2.75) is 43.4 Å². The lowest BCUT2D eigenvalue weighted by atomic mass is 9.90. The van der Waals surface area contributed by atoms with E-state index >= 15 is 0 Å². The fraction of sp³-hybridized carbons (Fsp3) is 0.286. The molecule has 3 N–H and O–H groups in total. The van der Waals surface area contributed by atoms with Crippen LogP contribution in [0.15, 0.2) is 47.4 Å². The lowest BCUT2D eigenvalue weighted by Gasteiger charge is -2.17. The number of alkyl halides is 3. The fourth-order valence-electron chi connectivity index (χ4n) is 3.75. The maximum absolute atomic E-state index is 13.4. The Morgan fingerprint density at radius 2 is 1.79 bits per heavy atom. The third kappa shape index (κ3) is 3.92. The number of fused-ring (bicyclic) bond motifs is 1. The lowest BCUT2D eigenvalue weighted by molar-refractivity contribution is -0.141. The number of hydrogen-bond donors (Lipinski definition) is 2. The van der Waals surface area contributed by atoms with E-state index in [0.717, 1.165) is 43.7 Å². The van der Waals surface area contributed by atoms with Crippen molar-refractivity contribution in [3.05, 3.63) is 64.8 Å². The Hall–Kier alpha value is -2.29. The zero-order valence-corrected chi connectivity index (χ0v) is 16.4. The summed E-state index contributed by atoms with van der Waals surface area (Å²) >= 11 is 0.980. The van der Waals surface area contributed by atoms with Crippen molar-refractivity contribution in [1.29, 1.82) is 0 Å². The van der Waals surface area contributed by atoms with Crippen LogP contribution in [0.1, 0.15) is 35.2 Å². The van der Waals surface area contributed by atoms with Crippen LogP contribution >= 0.6 is 11.9 Å². The second kappa shape index (κ2) is 7.85. The summed E-state index contributed by atoms with van der Waals surface area (Å²) in [4.78, 5) is 0.662. The molecule has 1 heterocycles. The van der Waals surface area contributed by atoms with Crippen LogP contribution in [-0.4, -0.2) is 14.9 Å². The van der Waals surface area contributed by atoms with Gasteiger partial charge in [0.05, 0.1) is 18.0 Å². The smallest absolute Gasteiger partial charge is 0.392 e. The quantitative estimate of drug-likeness (QED) is 0.591. The number of hydrogen-bond acceptors (Lipinski definition) is 4. The van der Waals surface area contributed by atoms with Crippen LogP contribution in [0.3, 0.4) is 0 Å². The normalized spacial score (nSPS) is 14.1. The molecule has 0 saturated carbocycles. The minimum absolute atomic E-state index is 0.269. The first-order chi connectivity index (χ1) is 13.9. The van der Waals surface area contributed by atoms with E-state index in [9.17, 15) is 18.3 Å². The number of halogens is 3. The summed E-state index contributed by atoms with van der Waals surface area (Å²) in [5, 5.41) is 19.0. The van der Waals surface area contributed by atoms with Crippen LogP contribution in [0.4, 0.5) is 13.2 Å². The molecule has 0 fully saturated rings. The largest absolute Gasteiger partial charge is 0.435 e. The lowest BCUT2D eigenvalue weighted by Crippen LogP contribution is -2.08. The van der Waals surface area contributed by atoms with Crippen molar-refractivity contribution in [3.8, 4) is 16.9 Å². The summed E-state index contributed by atoms with van der Waals surface area (Å²) in [7, 11) is 0. The van der Waals surface area contributed by atoms with Crippen LogP contribution < -0.4 is 5.14 Å². The highest BCUT2D eigenvalue weighted by atomic mass is 32.2. The minimum Gasteiger partial charge on any atom is -0.392 e. The van der Waals surface area contributed by atoms with E-state index < -0.39 is 11.9 Å². The van der Waals surface area contributed by atoms with Gasteiger partial charge in [-0.25, -0.2) is 4.68 Å². The van der Waals surface area contributed by atoms with Gasteiger partial charge in [0.15, 0.2) is 5.69 Å². The zero-order chi connectivity index (χ0) is 20.6. The molecule has 0 atom stereocenters. The van der Waals surface area contributed by atoms with E-state index in [1.165, 1.54) is 15.8 Å². The van der Waals surface area contributed by atoms with E-state index in [4.69, 9.17) is 5.14 Å². The topological polar surface area (TPSA) is 64.1 Å². The molecule has 152 valence electrons. The van der Waals surface area contributed by atoms with Crippen molar-refractivity contribution in [2.24, 2.45) is 5.14 Å². The van der Waals surface area contributed by atoms with Gasteiger partial charge in [-0.3, -0.25) is 5.14 Å². The number of nitrogens with zero attached hydrogens (tertiary/aromatic N) is 2. The summed E-state index contributed by atoms with van der Waals surface area (Å²) in [6.07, 6.45) is -0.401. The number of aryl methyl sites for hydroxylation is 2. The average molecular weight is 419 g/mol. The van der Waals surface area contributed by atoms with Crippen LogP contribution in [0.2, 0.25) is 0 Å². The van der Waals surface area contributed by atoms with Gasteiger partial charge in [-0.2, -0.15) is 18.3 Å². The van der Waals surface area contributed by atoms with Gasteiger partial charge in [0.25, 0.3) is 0 Å². The Balaban J connectivity index is 1.87. The average Bonchev–Trinajstić information content (AvgIpc) is 3.19. The Bertz CT molecular complexity index is 989. The number of nitrogens with two attached hydrogens (primary N) is 1. The molecule has 0 saturated heterocycles. The minimum atomic E-state index is -4.55. The Kier molecular flexibility index (Phi) is 5.42. The molecular weight excluding hydrogens is 399 g/mol. The SMILES string of the molecule is NSc1ccc(-n2nc(C(F)(F)F)cc2-c2ccc3c(c2)CCCC3)cc1CO. The molecule has 29 heavy (non-hydrogen) atoms. The summed E-state index contributed by atoms with van der Waals surface area (Å²) in [6, 6.07) is 11.9. The third-order valence-corrected chi connectivity index (χ3v) is 5.88. The number of aromatic nitrogens is 2. The maximum atomic E-state index is 13.4. The first kappa shape index (κ1) is 20.0. The molecule has 0 bridgehead atoms. The molecule has 1 aliphatic rings. The monoisotopic (exact) mass is 419 g/mol. The number of aliphatic hydroxyl groups is 1. The molecular formula is C21H20F3N3OS. The number of rotatable bonds is 4. The van der Waals surface area contributed by atoms with Crippen LogP contribution in [0.25, 0.3) is 16.9 Å². The van der Waals surface area contributed by atoms with Gasteiger partial charge in [0.1, 0.15) is 0 Å². The van der Waals surface area contributed by atoms with E-state index in [0.29, 0.717) is 27.4 Å². The van der Waals surface area contributed by atoms with Crippen molar-refractivity contribution < 1.29 is 18.3 Å². The van der Waals surface area contributed by atoms with Gasteiger partial charge in [-0.1, -0.05) is 12.1 Å². The number of aliphatic hydroxyl groups excluding tert-OH is 1. The summed E-state index contributed by atoms with van der Waals surface area (Å²) in [6.45, 7) is -0.269. The molecule has 0 spiro atoms. The molecule has 2 aromatic carbocycles. The molecule has 0 amide bonds. The molecule has 3 aromatic rings. The first-order valence-corrected chi connectivity index (χ1v) is 10.2. The highest BCUT2D eigenvalue weighted by molar-refractivity contribution is 7.97. The van der Waals surface area contributed by atoms with Crippen molar-refractivity contribution in [3.63, 3.8) is 0 Å². The standard InChI is InChI=1S/C21H20F3N3OS/c22-21(23,24)20-11-18(15-6-5-13-3-1-2-4-14(13)9-15)27(26-20)17-7-8-19(29-25)16(10-17)12-28/h5-11,28H,1-4,12,25H2. The van der Waals surface area contributed by atoms with Gasteiger partial charge < -0.3 is 5.11 Å². The molecule has 4 rings (SSSR count). The van der Waals surface area contributed by atoms with E-state index in [-0.39, 0.29) is 6.61 Å². The molecule has 0 unspecified atom stereocenters. The first-order valence-electron chi connectivity index (χ1n) is 9.31. The zero-order valence-electron chi connectivity index (χ0n) is 15.5. The van der Waals surface area contributed by atoms with Crippen LogP contribution in [0.5, 0.6) is 0 Å². The second-order valence-electron chi connectivity index (χ2n) is 7.08. The van der Waals surface area contributed by atoms with Crippen molar-refractivity contribution in [1.82, 2.24) is 9.78 Å². The van der Waals surface area contributed by atoms with Gasteiger partial charge in [0, 0.05) is 10.5 Å². The van der Waals surface area contributed by atoms with E-state index in [1.54, 1.807) is 18.2 Å². The maximum Gasteiger partial charge on any atom is 0.435 e. The highest BCUT2D eigenvalue weighted by Gasteiger charge is 2.35. The van der Waals surface area contributed by atoms with Gasteiger partial charge in [-0.05, 0) is 84.7 Å². The summed E-state index contributed by atoms with van der Waals surface area (Å²) in [5.74, 6) is 0. The van der Waals surface area contributed by atoms with Gasteiger partial charge in [0.2, 0.25) is 0 Å². The highest BCUT2D eigenvalue weighted by Crippen LogP contribution is 2.35. The van der Waals surface area contributed by atoms with E-state index in [1.807, 2.05) is 18.2 Å². The van der Waals surface area contributed by atoms with Crippen LogP contribution in [0, 0.1) is 0 Å². The Labute approximate surface area is 170 Å². The Morgan fingerprint density at radius 3 is 2.48 bits per heavy atom. The van der Waals surface area contributed by atoms with Crippen LogP contribution in [-0.2, 0) is 25.6 Å². The molecule has 1 aliphatic carbocycles. The van der Waals surface area contributed by atoms with Gasteiger partial charge in [-0.15, -0.1) is 0 Å². The molecule has 0 radical (unpaired) electrons. The molecule has 1 aromatic heterocycles. The van der Waals surface area contributed by atoms with Crippen molar-refractivity contribution in [2.75, 3.05) is 0 Å². The molecule has 4 nitrogen and oxygen atoms in total. The van der Waals surface area contributed by atoms with Gasteiger partial charge >= 0.3 is 6.18 Å². The Morgan fingerprint density at radius 1 is 1.03 bits per heavy atom.